The number of nitrogens with zero attached hydrogens (tertiary/aromatic N) is 4. The second-order valence-electron chi connectivity index (χ2n) is 8.01. The molecule has 1 aliphatic rings. The second kappa shape index (κ2) is 10.6. The molecule has 3 aromatic rings. The molecule has 0 atom stereocenters. The van der Waals surface area contributed by atoms with Crippen LogP contribution in [0.5, 0.6) is 0 Å². The number of anilines is 3. The first-order chi connectivity index (χ1) is 16.4. The van der Waals surface area contributed by atoms with Gasteiger partial charge in [-0.05, 0) is 62.5 Å². The number of likely N-dealkylation sites (N-methyl/N-ethyl adjacent to an activating group) is 1. The first-order valence-corrected chi connectivity index (χ1v) is 11.2. The molecule has 1 aliphatic heterocycles. The third-order valence-corrected chi connectivity index (χ3v) is 5.73. The first-order valence-electron chi connectivity index (χ1n) is 10.8. The van der Waals surface area contributed by atoms with Crippen LogP contribution in [-0.4, -0.2) is 59.9 Å². The molecule has 0 unspecified atom stereocenters. The van der Waals surface area contributed by atoms with E-state index in [4.69, 9.17) is 11.6 Å². The predicted octanol–water partition coefficient (Wildman–Crippen LogP) is 3.92. The van der Waals surface area contributed by atoms with Crippen molar-refractivity contribution in [3.05, 3.63) is 77.0 Å². The van der Waals surface area contributed by atoms with Crippen LogP contribution >= 0.6 is 11.6 Å². The van der Waals surface area contributed by atoms with Crippen LogP contribution in [0.3, 0.4) is 0 Å². The van der Waals surface area contributed by atoms with Crippen molar-refractivity contribution in [1.82, 2.24) is 14.9 Å². The van der Waals surface area contributed by atoms with Crippen LogP contribution in [0.1, 0.15) is 27.3 Å². The molecule has 0 bridgehead atoms. The van der Waals surface area contributed by atoms with E-state index < -0.39 is 17.6 Å². The molecular weight excluding hydrogens is 459 g/mol. The number of carbonyl (C=O) groups excluding carboxylic acids is 2. The number of pyridine rings is 2. The maximum absolute atomic E-state index is 13.9. The van der Waals surface area contributed by atoms with E-state index in [2.05, 4.69) is 37.4 Å². The highest BCUT2D eigenvalue weighted by atomic mass is 35.5. The van der Waals surface area contributed by atoms with Gasteiger partial charge in [-0.25, -0.2) is 14.4 Å². The molecule has 0 saturated carbocycles. The summed E-state index contributed by atoms with van der Waals surface area (Å²) in [4.78, 5) is 38.4. The van der Waals surface area contributed by atoms with Crippen LogP contribution in [0.15, 0.2) is 54.9 Å². The lowest BCUT2D eigenvalue weighted by Crippen LogP contribution is -2.28. The van der Waals surface area contributed by atoms with Gasteiger partial charge in [0.2, 0.25) is 0 Å². The maximum Gasteiger partial charge on any atom is 0.274 e. The highest BCUT2D eigenvalue weighted by Crippen LogP contribution is 2.21. The number of hydrogen-bond acceptors (Lipinski definition) is 6. The molecule has 0 radical (unpaired) electrons. The van der Waals surface area contributed by atoms with Gasteiger partial charge in [0.1, 0.15) is 17.3 Å². The Labute approximate surface area is 201 Å². The zero-order valence-electron chi connectivity index (χ0n) is 18.6. The van der Waals surface area contributed by atoms with Crippen LogP contribution in [0.25, 0.3) is 0 Å². The molecule has 2 amide bonds. The Morgan fingerprint density at radius 1 is 0.941 bits per heavy atom. The monoisotopic (exact) mass is 482 g/mol. The fourth-order valence-electron chi connectivity index (χ4n) is 3.65. The summed E-state index contributed by atoms with van der Waals surface area (Å²) in [6.45, 7) is 3.82. The Kier molecular flexibility index (Phi) is 7.34. The third-order valence-electron chi connectivity index (χ3n) is 5.51. The van der Waals surface area contributed by atoms with Gasteiger partial charge in [-0.15, -0.1) is 0 Å². The molecule has 8 nitrogen and oxygen atoms in total. The van der Waals surface area contributed by atoms with Gasteiger partial charge in [0.25, 0.3) is 11.8 Å². The van der Waals surface area contributed by atoms with Crippen LogP contribution in [0.2, 0.25) is 5.02 Å². The van der Waals surface area contributed by atoms with Crippen molar-refractivity contribution in [2.45, 2.75) is 6.42 Å². The molecule has 3 heterocycles. The van der Waals surface area contributed by atoms with Gasteiger partial charge in [0, 0.05) is 25.8 Å². The molecule has 4 rings (SSSR count). The van der Waals surface area contributed by atoms with E-state index in [-0.39, 0.29) is 22.8 Å². The molecule has 0 spiro atoms. The van der Waals surface area contributed by atoms with E-state index in [1.165, 1.54) is 24.4 Å². The first kappa shape index (κ1) is 23.6. The van der Waals surface area contributed by atoms with Crippen molar-refractivity contribution < 1.29 is 14.0 Å². The molecule has 1 aromatic carbocycles. The summed E-state index contributed by atoms with van der Waals surface area (Å²) >= 11 is 5.81. The van der Waals surface area contributed by atoms with Crippen LogP contribution in [-0.2, 0) is 0 Å². The van der Waals surface area contributed by atoms with Gasteiger partial charge < -0.3 is 20.4 Å². The Balaban J connectivity index is 1.47. The quantitative estimate of drug-likeness (QED) is 0.573. The van der Waals surface area contributed by atoms with Crippen molar-refractivity contribution in [2.75, 3.05) is 48.8 Å². The number of amides is 2. The number of nitrogens with one attached hydrogen (secondary N) is 2. The zero-order valence-corrected chi connectivity index (χ0v) is 19.3. The minimum Gasteiger partial charge on any atom is -0.369 e. The maximum atomic E-state index is 13.9. The van der Waals surface area contributed by atoms with Crippen molar-refractivity contribution in [2.24, 2.45) is 0 Å². The smallest absolute Gasteiger partial charge is 0.274 e. The molecule has 2 aromatic heterocycles. The van der Waals surface area contributed by atoms with Crippen LogP contribution < -0.4 is 15.5 Å². The molecule has 176 valence electrons. The highest BCUT2D eigenvalue weighted by molar-refractivity contribution is 6.30. The topological polar surface area (TPSA) is 90.5 Å². The highest BCUT2D eigenvalue weighted by Gasteiger charge is 2.18. The summed E-state index contributed by atoms with van der Waals surface area (Å²) in [5.41, 5.74) is 1.24. The lowest BCUT2D eigenvalue weighted by atomic mass is 10.1. The summed E-state index contributed by atoms with van der Waals surface area (Å²) in [6, 6.07) is 10.1. The van der Waals surface area contributed by atoms with Gasteiger partial charge in [0.15, 0.2) is 0 Å². The van der Waals surface area contributed by atoms with E-state index in [1.54, 1.807) is 18.3 Å². The number of aromatic nitrogens is 2. The van der Waals surface area contributed by atoms with Crippen LogP contribution in [0, 0.1) is 5.82 Å². The number of carbonyl (C=O) groups is 2. The fourth-order valence-corrected chi connectivity index (χ4v) is 3.76. The van der Waals surface area contributed by atoms with E-state index >= 15 is 0 Å². The number of rotatable bonds is 5. The zero-order chi connectivity index (χ0) is 24.1. The summed E-state index contributed by atoms with van der Waals surface area (Å²) in [5.74, 6) is -1.50. The SMILES string of the molecule is CN1CCCN(c2ccc(C(=O)Nc3ccc(F)cc3C(=O)Nc3ccc(Cl)cn3)nc2)CC1. The molecule has 1 saturated heterocycles. The average Bonchev–Trinajstić information content (AvgIpc) is 3.06. The van der Waals surface area contributed by atoms with Gasteiger partial charge >= 0.3 is 0 Å². The lowest BCUT2D eigenvalue weighted by Gasteiger charge is -2.22. The number of halogens is 2. The minimum atomic E-state index is -0.626. The third kappa shape index (κ3) is 5.86. The van der Waals surface area contributed by atoms with Crippen molar-refractivity contribution in [1.29, 1.82) is 0 Å². The van der Waals surface area contributed by atoms with E-state index in [9.17, 15) is 14.0 Å². The Morgan fingerprint density at radius 3 is 2.53 bits per heavy atom. The normalized spacial score (nSPS) is 14.4. The van der Waals surface area contributed by atoms with Gasteiger partial charge in [0.05, 0.1) is 28.2 Å². The number of hydrogen-bond donors (Lipinski definition) is 2. The molecule has 1 fully saturated rings. The lowest BCUT2D eigenvalue weighted by molar-refractivity contribution is 0.102. The average molecular weight is 483 g/mol. The summed E-state index contributed by atoms with van der Waals surface area (Å²) in [6.07, 6.45) is 4.11. The van der Waals surface area contributed by atoms with E-state index in [0.717, 1.165) is 44.4 Å². The molecule has 0 aliphatic carbocycles. The predicted molar refractivity (Wildman–Crippen MR) is 130 cm³/mol. The van der Waals surface area contributed by atoms with Crippen molar-refractivity contribution >= 4 is 40.6 Å². The van der Waals surface area contributed by atoms with Gasteiger partial charge in [-0.1, -0.05) is 11.6 Å². The van der Waals surface area contributed by atoms with E-state index in [1.807, 2.05) is 6.07 Å². The largest absolute Gasteiger partial charge is 0.369 e. The standard InChI is InChI=1S/C24H24ClFN6O2/c1-31-9-2-10-32(12-11-31)18-5-7-21(27-15-18)24(34)29-20-6-4-17(26)13-19(20)23(33)30-22-8-3-16(25)14-28-22/h3-8,13-15H,2,9-12H2,1H3,(H,29,34)(H,28,30,33). The van der Waals surface area contributed by atoms with Gasteiger partial charge in [-0.2, -0.15) is 0 Å². The Morgan fingerprint density at radius 2 is 1.79 bits per heavy atom. The van der Waals surface area contributed by atoms with E-state index in [0.29, 0.717) is 5.02 Å². The molecular formula is C24H24ClFN6O2. The Hall–Kier alpha value is -3.56. The van der Waals surface area contributed by atoms with Crippen molar-refractivity contribution in [3.8, 4) is 0 Å². The molecule has 2 N–H and O–H groups in total. The molecule has 34 heavy (non-hydrogen) atoms. The Bertz CT molecular complexity index is 1170. The minimum absolute atomic E-state index is 0.0459. The van der Waals surface area contributed by atoms with Crippen LogP contribution in [0.4, 0.5) is 21.6 Å². The van der Waals surface area contributed by atoms with Gasteiger partial charge in [-0.3, -0.25) is 9.59 Å². The fraction of sp³-hybridized carbons (Fsp3) is 0.250. The summed E-state index contributed by atoms with van der Waals surface area (Å²) in [7, 11) is 2.10. The summed E-state index contributed by atoms with van der Waals surface area (Å²) in [5, 5.41) is 5.64. The number of benzene rings is 1. The summed E-state index contributed by atoms with van der Waals surface area (Å²) < 4.78 is 13.9. The van der Waals surface area contributed by atoms with Crippen molar-refractivity contribution in [3.63, 3.8) is 0 Å². The molecule has 10 heteroatoms. The second-order valence-corrected chi connectivity index (χ2v) is 8.44.